The van der Waals surface area contributed by atoms with Gasteiger partial charge in [0.15, 0.2) is 18.9 Å². The minimum atomic E-state index is -2.10. The number of carbonyl (C=O) groups is 2. The molecule has 4 saturated heterocycles. The largest absolute Gasteiger partial charge is 0.477 e. The van der Waals surface area contributed by atoms with Gasteiger partial charge in [-0.1, -0.05) is 0 Å². The molecule has 0 radical (unpaired) electrons. The fraction of sp³-hybridized carbons (Fsp3) is 0.913. The molecule has 4 heterocycles. The van der Waals surface area contributed by atoms with Crippen LogP contribution in [0.25, 0.3) is 0 Å². The molecule has 0 spiro atoms. The molecule has 16 atom stereocenters. The summed E-state index contributed by atoms with van der Waals surface area (Å²) in [6.45, 7) is 2.49. The normalized spacial score (nSPS) is 50.5. The topological polar surface area (TPSA) is 273 Å². The number of hydrogen-bond donors (Lipinski definition) is 9. The highest BCUT2D eigenvalue weighted by Gasteiger charge is 2.57. The van der Waals surface area contributed by atoms with Crippen LogP contribution in [-0.4, -0.2) is 164 Å². The molecule has 9 N–H and O–H groups in total. The van der Waals surface area contributed by atoms with Gasteiger partial charge in [-0.25, -0.2) is 4.79 Å². The Labute approximate surface area is 233 Å². The van der Waals surface area contributed by atoms with Gasteiger partial charge < -0.3 is 79.3 Å². The molecule has 0 saturated carbocycles. The molecule has 0 aliphatic carbocycles. The number of ether oxygens (including phenoxy) is 7. The monoisotopic (exact) mass is 599 g/mol. The Morgan fingerprint density at radius 2 is 1.56 bits per heavy atom. The quantitative estimate of drug-likeness (QED) is 0.132. The molecule has 236 valence electrons. The maximum atomic E-state index is 12.0. The third kappa shape index (κ3) is 6.36. The Hall–Kier alpha value is -1.62. The lowest BCUT2D eigenvalue weighted by Gasteiger charge is -2.50. The average Bonchev–Trinajstić information content (AvgIpc) is 2.91. The maximum Gasteiger partial charge on any atom is 0.364 e. The van der Waals surface area contributed by atoms with Gasteiger partial charge in [-0.3, -0.25) is 4.79 Å². The Morgan fingerprint density at radius 3 is 2.17 bits per heavy atom. The van der Waals surface area contributed by atoms with Gasteiger partial charge in [0.1, 0.15) is 67.1 Å². The van der Waals surface area contributed by atoms with Crippen molar-refractivity contribution in [3.8, 4) is 0 Å². The first-order valence-corrected chi connectivity index (χ1v) is 13.0. The summed E-state index contributed by atoms with van der Waals surface area (Å²) in [6, 6.07) is -1.44. The molecule has 41 heavy (non-hydrogen) atoms. The van der Waals surface area contributed by atoms with E-state index < -0.39 is 116 Å². The highest BCUT2D eigenvalue weighted by atomic mass is 16.8. The van der Waals surface area contributed by atoms with Gasteiger partial charge in [-0.05, 0) is 6.92 Å². The first-order chi connectivity index (χ1) is 19.2. The molecule has 18 nitrogen and oxygen atoms in total. The molecule has 4 aliphatic rings. The molecular formula is C23H37NO17. The summed E-state index contributed by atoms with van der Waals surface area (Å²) < 4.78 is 38.4. The smallest absolute Gasteiger partial charge is 0.364 e. The highest BCUT2D eigenvalue weighted by Crippen LogP contribution is 2.36. The number of rotatable bonds is 7. The van der Waals surface area contributed by atoms with Gasteiger partial charge in [0.2, 0.25) is 5.91 Å². The van der Waals surface area contributed by atoms with Gasteiger partial charge in [0.25, 0.3) is 5.79 Å². The van der Waals surface area contributed by atoms with Gasteiger partial charge in [-0.15, -0.1) is 0 Å². The van der Waals surface area contributed by atoms with Crippen LogP contribution in [0.2, 0.25) is 0 Å². The van der Waals surface area contributed by atoms with Gasteiger partial charge >= 0.3 is 5.97 Å². The average molecular weight is 600 g/mol. The number of aliphatic hydroxyl groups excluding tert-OH is 7. The Morgan fingerprint density at radius 1 is 0.902 bits per heavy atom. The summed E-state index contributed by atoms with van der Waals surface area (Å²) in [5.74, 6) is -4.22. The van der Waals surface area contributed by atoms with Crippen molar-refractivity contribution in [1.29, 1.82) is 0 Å². The summed E-state index contributed by atoms with van der Waals surface area (Å²) in [7, 11) is 0. The first kappa shape index (κ1) is 32.3. The fourth-order valence-electron chi connectivity index (χ4n) is 5.17. The van der Waals surface area contributed by atoms with Crippen LogP contribution in [0.3, 0.4) is 0 Å². The third-order valence-electron chi connectivity index (χ3n) is 7.52. The zero-order valence-corrected chi connectivity index (χ0v) is 22.3. The van der Waals surface area contributed by atoms with E-state index in [0.717, 1.165) is 13.8 Å². The van der Waals surface area contributed by atoms with Crippen LogP contribution in [0.15, 0.2) is 0 Å². The van der Waals surface area contributed by atoms with Crippen LogP contribution in [0, 0.1) is 0 Å². The SMILES string of the molecule is CC(=O)N[C@H]1[C@H](O[C@@H]2[C@H](O)[C@H](C)O[C@H](O)[C@H]2O)O[C@H](CO)[C@@H](O[C@@H]2O[C@@H]3COC(C)(C(=O)O)O[C@@H]3[C@H](O)[C@H]2O)[C@@H]1O. The summed E-state index contributed by atoms with van der Waals surface area (Å²) in [5, 5.41) is 85.2. The molecule has 4 aliphatic heterocycles. The zero-order valence-electron chi connectivity index (χ0n) is 22.3. The lowest BCUT2D eigenvalue weighted by Crippen LogP contribution is -2.70. The van der Waals surface area contributed by atoms with E-state index in [0.29, 0.717) is 0 Å². The number of aliphatic hydroxyl groups is 7. The number of hydrogen-bond acceptors (Lipinski definition) is 16. The summed E-state index contributed by atoms with van der Waals surface area (Å²) in [4.78, 5) is 23.5. The van der Waals surface area contributed by atoms with Gasteiger partial charge in [0.05, 0.1) is 19.3 Å². The zero-order chi connectivity index (χ0) is 30.4. The number of aliphatic carboxylic acids is 1. The van der Waals surface area contributed by atoms with E-state index in [-0.39, 0.29) is 6.61 Å². The van der Waals surface area contributed by atoms with E-state index in [1.165, 1.54) is 6.92 Å². The molecular weight excluding hydrogens is 562 g/mol. The first-order valence-electron chi connectivity index (χ1n) is 13.0. The molecule has 1 amide bonds. The van der Waals surface area contributed by atoms with Crippen LogP contribution in [-0.2, 0) is 42.7 Å². The van der Waals surface area contributed by atoms with E-state index in [9.17, 15) is 50.4 Å². The predicted molar refractivity (Wildman–Crippen MR) is 125 cm³/mol. The molecule has 18 heteroatoms. The minimum absolute atomic E-state index is 0.366. The number of fused-ring (bicyclic) bond motifs is 1. The van der Waals surface area contributed by atoms with Crippen molar-refractivity contribution in [2.75, 3.05) is 13.2 Å². The number of amides is 1. The molecule has 0 aromatic carbocycles. The highest BCUT2D eigenvalue weighted by molar-refractivity contribution is 5.75. The molecule has 0 aromatic rings. The van der Waals surface area contributed by atoms with Crippen LogP contribution < -0.4 is 5.32 Å². The summed E-state index contributed by atoms with van der Waals surface area (Å²) in [6.07, 6.45) is -21.3. The van der Waals surface area contributed by atoms with Crippen LogP contribution in [0.1, 0.15) is 20.8 Å². The second-order valence-corrected chi connectivity index (χ2v) is 10.5. The molecule has 0 aromatic heterocycles. The van der Waals surface area contributed by atoms with Crippen molar-refractivity contribution in [3.63, 3.8) is 0 Å². The molecule has 1 unspecified atom stereocenters. The van der Waals surface area contributed by atoms with Crippen molar-refractivity contribution in [3.05, 3.63) is 0 Å². The lowest BCUT2D eigenvalue weighted by atomic mass is 9.94. The van der Waals surface area contributed by atoms with Crippen LogP contribution in [0.5, 0.6) is 0 Å². The number of carboxylic acids is 1. The maximum absolute atomic E-state index is 12.0. The predicted octanol–water partition coefficient (Wildman–Crippen LogP) is -5.54. The van der Waals surface area contributed by atoms with Crippen LogP contribution >= 0.6 is 0 Å². The Balaban J connectivity index is 1.51. The number of carbonyl (C=O) groups excluding carboxylic acids is 1. The van der Waals surface area contributed by atoms with Crippen LogP contribution in [0.4, 0.5) is 0 Å². The molecule has 0 bridgehead atoms. The summed E-state index contributed by atoms with van der Waals surface area (Å²) >= 11 is 0. The second-order valence-electron chi connectivity index (χ2n) is 10.5. The van der Waals surface area contributed by atoms with E-state index >= 15 is 0 Å². The molecule has 4 rings (SSSR count). The van der Waals surface area contributed by atoms with Crippen molar-refractivity contribution in [2.45, 2.75) is 119 Å². The van der Waals surface area contributed by atoms with E-state index in [4.69, 9.17) is 33.2 Å². The number of nitrogens with one attached hydrogen (secondary N) is 1. The lowest BCUT2D eigenvalue weighted by molar-refractivity contribution is -0.395. The number of carboxylic acid groups (broad SMARTS) is 1. The van der Waals surface area contributed by atoms with Gasteiger partial charge in [0, 0.05) is 13.8 Å². The van der Waals surface area contributed by atoms with Crippen molar-refractivity contribution in [1.82, 2.24) is 5.32 Å². The standard InChI is InChI=1S/C23H37NO17/c1-6-11(27)18(15(31)19(32)36-6)40-20-10(24-7(2)26)12(28)16(8(4-25)37-20)39-21-14(30)13(29)17-9(38-21)5-35-23(3,41-17)22(33)34/h6,8-21,25,27-32H,4-5H2,1-3H3,(H,24,26)(H,33,34)/t6-,8+,9+,10+,11+,12+,13+,14+,15-,16+,17-,18+,19-,20-,21-,23?/m0/s1. The van der Waals surface area contributed by atoms with Crippen molar-refractivity contribution >= 4 is 11.9 Å². The fourth-order valence-corrected chi connectivity index (χ4v) is 5.17. The van der Waals surface area contributed by atoms with Gasteiger partial charge in [-0.2, -0.15) is 0 Å². The Kier molecular flexibility index (Phi) is 9.88. The summed E-state index contributed by atoms with van der Waals surface area (Å²) in [5.41, 5.74) is 0. The van der Waals surface area contributed by atoms with E-state index in [1.54, 1.807) is 0 Å². The van der Waals surface area contributed by atoms with Crippen molar-refractivity contribution < 1.29 is 83.6 Å². The minimum Gasteiger partial charge on any atom is -0.477 e. The van der Waals surface area contributed by atoms with E-state index in [1.807, 2.05) is 0 Å². The third-order valence-corrected chi connectivity index (χ3v) is 7.52. The Bertz CT molecular complexity index is 926. The second kappa shape index (κ2) is 12.5. The van der Waals surface area contributed by atoms with E-state index in [2.05, 4.69) is 5.32 Å². The van der Waals surface area contributed by atoms with Crippen molar-refractivity contribution in [2.24, 2.45) is 0 Å². The molecule has 4 fully saturated rings.